The lowest BCUT2D eigenvalue weighted by Gasteiger charge is -2.15. The molecule has 4 heteroatoms. The zero-order valence-corrected chi connectivity index (χ0v) is 10.5. The fourth-order valence-electron chi connectivity index (χ4n) is 1.76. The molecule has 0 fully saturated rings. The summed E-state index contributed by atoms with van der Waals surface area (Å²) < 4.78 is 0. The number of hydrogen-bond donors (Lipinski definition) is 2. The average molecular weight is 247 g/mol. The van der Waals surface area contributed by atoms with E-state index < -0.39 is 0 Å². The van der Waals surface area contributed by atoms with E-state index in [4.69, 9.17) is 5.73 Å². The Hall–Kier alpha value is -1.23. The maximum absolute atomic E-state index is 5.81. The van der Waals surface area contributed by atoms with E-state index in [2.05, 4.69) is 34.6 Å². The maximum atomic E-state index is 5.81. The van der Waals surface area contributed by atoms with Gasteiger partial charge < -0.3 is 11.1 Å². The minimum Gasteiger partial charge on any atom is -0.330 e. The first-order valence-electron chi connectivity index (χ1n) is 5.74. The van der Waals surface area contributed by atoms with Crippen LogP contribution in [-0.4, -0.2) is 18.1 Å². The van der Waals surface area contributed by atoms with Crippen molar-refractivity contribution in [3.05, 3.63) is 52.5 Å². The number of benzene rings is 1. The summed E-state index contributed by atoms with van der Waals surface area (Å²) in [5.41, 5.74) is 7.10. The lowest BCUT2D eigenvalue weighted by atomic mass is 9.99. The van der Waals surface area contributed by atoms with E-state index in [0.29, 0.717) is 12.5 Å². The molecule has 0 aliphatic rings. The molecular formula is C13H17N3S. The predicted molar refractivity (Wildman–Crippen MR) is 72.1 cm³/mol. The lowest BCUT2D eigenvalue weighted by Crippen LogP contribution is -2.26. The van der Waals surface area contributed by atoms with Crippen LogP contribution in [0, 0.1) is 0 Å². The molecule has 0 aliphatic carbocycles. The topological polar surface area (TPSA) is 50.9 Å². The van der Waals surface area contributed by atoms with E-state index in [-0.39, 0.29) is 0 Å². The Morgan fingerprint density at radius 1 is 1.29 bits per heavy atom. The summed E-state index contributed by atoms with van der Waals surface area (Å²) in [5.74, 6) is 0.371. The van der Waals surface area contributed by atoms with Gasteiger partial charge in [-0.25, -0.2) is 4.98 Å². The number of hydrogen-bond acceptors (Lipinski definition) is 4. The van der Waals surface area contributed by atoms with Crippen LogP contribution in [0.15, 0.2) is 41.9 Å². The third-order valence-electron chi connectivity index (χ3n) is 2.71. The first-order valence-corrected chi connectivity index (χ1v) is 6.62. The SMILES string of the molecule is NCC(CNCc1nccs1)c1ccccc1. The summed E-state index contributed by atoms with van der Waals surface area (Å²) in [4.78, 5) is 4.24. The van der Waals surface area contributed by atoms with Gasteiger partial charge in [-0.3, -0.25) is 0 Å². The zero-order chi connectivity index (χ0) is 11.9. The first kappa shape index (κ1) is 12.2. The van der Waals surface area contributed by atoms with Crippen LogP contribution in [0.5, 0.6) is 0 Å². The fourth-order valence-corrected chi connectivity index (χ4v) is 2.34. The van der Waals surface area contributed by atoms with Gasteiger partial charge in [0.05, 0.1) is 0 Å². The second kappa shape index (κ2) is 6.49. The van der Waals surface area contributed by atoms with E-state index in [1.165, 1.54) is 5.56 Å². The third-order valence-corrected chi connectivity index (χ3v) is 3.49. The molecule has 1 aromatic heterocycles. The molecule has 17 heavy (non-hydrogen) atoms. The zero-order valence-electron chi connectivity index (χ0n) is 9.67. The van der Waals surface area contributed by atoms with Crippen molar-refractivity contribution in [2.75, 3.05) is 13.1 Å². The average Bonchev–Trinajstić information content (AvgIpc) is 2.89. The van der Waals surface area contributed by atoms with Crippen molar-refractivity contribution in [1.82, 2.24) is 10.3 Å². The largest absolute Gasteiger partial charge is 0.330 e. The molecule has 1 atom stereocenters. The predicted octanol–water partition coefficient (Wildman–Crippen LogP) is 1.98. The van der Waals surface area contributed by atoms with Crippen molar-refractivity contribution < 1.29 is 0 Å². The summed E-state index contributed by atoms with van der Waals surface area (Å²) in [5, 5.41) is 6.52. The van der Waals surface area contributed by atoms with E-state index >= 15 is 0 Å². The van der Waals surface area contributed by atoms with Crippen molar-refractivity contribution in [2.45, 2.75) is 12.5 Å². The molecule has 0 aliphatic heterocycles. The lowest BCUT2D eigenvalue weighted by molar-refractivity contribution is 0.587. The Morgan fingerprint density at radius 3 is 2.76 bits per heavy atom. The molecule has 0 spiro atoms. The molecule has 0 saturated carbocycles. The molecule has 0 saturated heterocycles. The van der Waals surface area contributed by atoms with Gasteiger partial charge in [-0.05, 0) is 5.56 Å². The highest BCUT2D eigenvalue weighted by Gasteiger charge is 2.08. The standard InChI is InChI=1S/C13H17N3S/c14-8-12(11-4-2-1-3-5-11)9-15-10-13-16-6-7-17-13/h1-7,12,15H,8-10,14H2. The van der Waals surface area contributed by atoms with Gasteiger partial charge in [-0.1, -0.05) is 30.3 Å². The molecule has 90 valence electrons. The van der Waals surface area contributed by atoms with Crippen LogP contribution >= 0.6 is 11.3 Å². The summed E-state index contributed by atoms with van der Waals surface area (Å²) >= 11 is 1.67. The van der Waals surface area contributed by atoms with Crippen molar-refractivity contribution in [3.8, 4) is 0 Å². The Bertz CT molecular complexity index is 413. The van der Waals surface area contributed by atoms with Crippen molar-refractivity contribution in [2.24, 2.45) is 5.73 Å². The molecule has 2 rings (SSSR count). The normalized spacial score (nSPS) is 12.5. The minimum absolute atomic E-state index is 0.371. The molecular weight excluding hydrogens is 230 g/mol. The van der Waals surface area contributed by atoms with Gasteiger partial charge in [0.25, 0.3) is 0 Å². The van der Waals surface area contributed by atoms with Gasteiger partial charge in [0.2, 0.25) is 0 Å². The van der Waals surface area contributed by atoms with Crippen LogP contribution in [-0.2, 0) is 6.54 Å². The Balaban J connectivity index is 1.84. The fraction of sp³-hybridized carbons (Fsp3) is 0.308. The number of rotatable bonds is 6. The number of nitrogens with zero attached hydrogens (tertiary/aromatic N) is 1. The molecule has 1 unspecified atom stereocenters. The number of nitrogens with one attached hydrogen (secondary N) is 1. The molecule has 0 amide bonds. The maximum Gasteiger partial charge on any atom is 0.106 e. The Kier molecular flexibility index (Phi) is 4.67. The number of thiazole rings is 1. The second-order valence-corrected chi connectivity index (χ2v) is 4.88. The summed E-state index contributed by atoms with van der Waals surface area (Å²) in [7, 11) is 0. The van der Waals surface area contributed by atoms with Crippen molar-refractivity contribution in [1.29, 1.82) is 0 Å². The molecule has 0 radical (unpaired) electrons. The van der Waals surface area contributed by atoms with E-state index in [1.54, 1.807) is 11.3 Å². The van der Waals surface area contributed by atoms with Gasteiger partial charge in [0.1, 0.15) is 5.01 Å². The second-order valence-electron chi connectivity index (χ2n) is 3.90. The molecule has 1 heterocycles. The summed E-state index contributed by atoms with van der Waals surface area (Å²) in [6.07, 6.45) is 1.83. The highest BCUT2D eigenvalue weighted by Crippen LogP contribution is 2.13. The monoisotopic (exact) mass is 247 g/mol. The van der Waals surface area contributed by atoms with Crippen molar-refractivity contribution >= 4 is 11.3 Å². The van der Waals surface area contributed by atoms with E-state index in [0.717, 1.165) is 18.1 Å². The highest BCUT2D eigenvalue weighted by molar-refractivity contribution is 7.09. The van der Waals surface area contributed by atoms with Crippen LogP contribution in [0.3, 0.4) is 0 Å². The molecule has 3 N–H and O–H groups in total. The van der Waals surface area contributed by atoms with Crippen molar-refractivity contribution in [3.63, 3.8) is 0 Å². The Morgan fingerprint density at radius 2 is 2.12 bits per heavy atom. The first-order chi connectivity index (χ1) is 8.40. The minimum atomic E-state index is 0.371. The third kappa shape index (κ3) is 3.63. The number of aromatic nitrogens is 1. The van der Waals surface area contributed by atoms with Gasteiger partial charge in [0, 0.05) is 37.1 Å². The quantitative estimate of drug-likeness (QED) is 0.820. The number of nitrogens with two attached hydrogens (primary N) is 1. The van der Waals surface area contributed by atoms with Gasteiger partial charge >= 0.3 is 0 Å². The van der Waals surface area contributed by atoms with Crippen LogP contribution < -0.4 is 11.1 Å². The van der Waals surface area contributed by atoms with Crippen LogP contribution in [0.4, 0.5) is 0 Å². The molecule has 2 aromatic rings. The summed E-state index contributed by atoms with van der Waals surface area (Å²) in [6, 6.07) is 10.4. The molecule has 0 bridgehead atoms. The smallest absolute Gasteiger partial charge is 0.106 e. The Labute approximate surface area is 106 Å². The molecule has 1 aromatic carbocycles. The van der Waals surface area contributed by atoms with E-state index in [1.807, 2.05) is 17.6 Å². The van der Waals surface area contributed by atoms with Gasteiger partial charge in [0.15, 0.2) is 0 Å². The van der Waals surface area contributed by atoms with Crippen LogP contribution in [0.1, 0.15) is 16.5 Å². The van der Waals surface area contributed by atoms with Gasteiger partial charge in [-0.2, -0.15) is 0 Å². The summed E-state index contributed by atoms with van der Waals surface area (Å²) in [6.45, 7) is 2.37. The molecule has 3 nitrogen and oxygen atoms in total. The van der Waals surface area contributed by atoms with Crippen LogP contribution in [0.25, 0.3) is 0 Å². The van der Waals surface area contributed by atoms with Gasteiger partial charge in [-0.15, -0.1) is 11.3 Å². The highest BCUT2D eigenvalue weighted by atomic mass is 32.1. The van der Waals surface area contributed by atoms with E-state index in [9.17, 15) is 0 Å². The van der Waals surface area contributed by atoms with Crippen LogP contribution in [0.2, 0.25) is 0 Å².